The van der Waals surface area contributed by atoms with E-state index >= 15 is 0 Å². The minimum atomic E-state index is -0.496. The first kappa shape index (κ1) is 17.5. The van der Waals surface area contributed by atoms with Gasteiger partial charge in [0.2, 0.25) is 0 Å². The van der Waals surface area contributed by atoms with Crippen LogP contribution in [0.4, 0.5) is 5.69 Å². The van der Waals surface area contributed by atoms with Gasteiger partial charge in [0.15, 0.2) is 0 Å². The minimum absolute atomic E-state index is 0.0836. The summed E-state index contributed by atoms with van der Waals surface area (Å²) in [5.74, 6) is -0.496. The van der Waals surface area contributed by atoms with Gasteiger partial charge in [-0.15, -0.1) is 0 Å². The summed E-state index contributed by atoms with van der Waals surface area (Å²) in [5.41, 5.74) is 0.804. The van der Waals surface area contributed by atoms with Crippen LogP contribution < -0.4 is 0 Å². The molecule has 0 aliphatic rings. The largest absolute Gasteiger partial charge is 0.465 e. The molecule has 0 saturated heterocycles. The molecule has 0 aromatic heterocycles. The highest BCUT2D eigenvalue weighted by molar-refractivity contribution is 7.99. The monoisotopic (exact) mass is 346 g/mol. The highest BCUT2D eigenvalue weighted by Gasteiger charge is 2.19. The van der Waals surface area contributed by atoms with Gasteiger partial charge in [-0.05, 0) is 18.2 Å². The van der Waals surface area contributed by atoms with Crippen molar-refractivity contribution >= 4 is 29.6 Å². The van der Waals surface area contributed by atoms with Crippen molar-refractivity contribution in [3.63, 3.8) is 0 Å². The van der Waals surface area contributed by atoms with Crippen LogP contribution in [-0.4, -0.2) is 31.3 Å². The molecule has 8 heteroatoms. The van der Waals surface area contributed by atoms with Crippen LogP contribution >= 0.6 is 11.8 Å². The zero-order valence-electron chi connectivity index (χ0n) is 13.0. The summed E-state index contributed by atoms with van der Waals surface area (Å²) >= 11 is 1.13. The molecule has 0 bridgehead atoms. The Hall–Kier alpha value is -2.87. The molecule has 0 spiro atoms. The van der Waals surface area contributed by atoms with E-state index < -0.39 is 10.9 Å². The molecule has 0 radical (unpaired) electrons. The molecule has 0 saturated carbocycles. The van der Waals surface area contributed by atoms with Crippen LogP contribution in [0.3, 0.4) is 0 Å². The van der Waals surface area contributed by atoms with Crippen LogP contribution in [0, 0.1) is 10.1 Å². The molecule has 0 atom stereocenters. The zero-order valence-corrected chi connectivity index (χ0v) is 13.8. The van der Waals surface area contributed by atoms with Crippen LogP contribution in [-0.2, 0) is 9.57 Å². The Bertz CT molecular complexity index is 792. The molecular weight excluding hydrogens is 332 g/mol. The molecule has 7 nitrogen and oxygen atoms in total. The fraction of sp³-hybridized carbons (Fsp3) is 0.125. The van der Waals surface area contributed by atoms with Gasteiger partial charge in [0.25, 0.3) is 5.69 Å². The maximum atomic E-state index is 11.8. The molecule has 0 N–H and O–H groups in total. The van der Waals surface area contributed by atoms with Crippen molar-refractivity contribution in [3.8, 4) is 0 Å². The van der Waals surface area contributed by atoms with E-state index in [0.717, 1.165) is 11.8 Å². The summed E-state index contributed by atoms with van der Waals surface area (Å²) in [6.07, 6.45) is 1.38. The van der Waals surface area contributed by atoms with Gasteiger partial charge in [-0.1, -0.05) is 35.1 Å². The Morgan fingerprint density at radius 2 is 1.96 bits per heavy atom. The van der Waals surface area contributed by atoms with Crippen molar-refractivity contribution in [3.05, 3.63) is 63.7 Å². The van der Waals surface area contributed by atoms with E-state index in [0.29, 0.717) is 20.9 Å². The summed E-state index contributed by atoms with van der Waals surface area (Å²) in [5, 5.41) is 14.9. The number of hydrogen-bond donors (Lipinski definition) is 0. The summed E-state index contributed by atoms with van der Waals surface area (Å²) < 4.78 is 4.74. The summed E-state index contributed by atoms with van der Waals surface area (Å²) in [6.45, 7) is 0. The van der Waals surface area contributed by atoms with Gasteiger partial charge in [-0.3, -0.25) is 10.1 Å². The number of hydrogen-bond acceptors (Lipinski definition) is 7. The lowest BCUT2D eigenvalue weighted by atomic mass is 10.2. The highest BCUT2D eigenvalue weighted by atomic mass is 32.2. The normalized spacial score (nSPS) is 10.6. The van der Waals surface area contributed by atoms with E-state index in [1.807, 2.05) is 0 Å². The van der Waals surface area contributed by atoms with Crippen molar-refractivity contribution < 1.29 is 19.3 Å². The molecule has 24 heavy (non-hydrogen) atoms. The maximum Gasteiger partial charge on any atom is 0.339 e. The second kappa shape index (κ2) is 8.11. The van der Waals surface area contributed by atoms with Crippen molar-refractivity contribution in [1.82, 2.24) is 0 Å². The number of carbonyl (C=O) groups is 1. The average molecular weight is 346 g/mol. The third-order valence-corrected chi connectivity index (χ3v) is 4.14. The lowest BCUT2D eigenvalue weighted by molar-refractivity contribution is -0.387. The minimum Gasteiger partial charge on any atom is -0.465 e. The average Bonchev–Trinajstić information content (AvgIpc) is 2.60. The third-order valence-electron chi connectivity index (χ3n) is 3.00. The Kier molecular flexibility index (Phi) is 5.91. The summed E-state index contributed by atoms with van der Waals surface area (Å²) in [7, 11) is 2.68. The van der Waals surface area contributed by atoms with E-state index in [4.69, 9.17) is 4.74 Å². The molecule has 2 rings (SSSR count). The van der Waals surface area contributed by atoms with E-state index in [1.165, 1.54) is 26.5 Å². The second-order valence-electron chi connectivity index (χ2n) is 4.49. The Morgan fingerprint density at radius 3 is 2.62 bits per heavy atom. The number of rotatable bonds is 6. The molecule has 2 aromatic rings. The molecule has 0 heterocycles. The van der Waals surface area contributed by atoms with Gasteiger partial charge in [-0.2, -0.15) is 0 Å². The quantitative estimate of drug-likeness (QED) is 0.344. The molecule has 2 aromatic carbocycles. The third kappa shape index (κ3) is 4.11. The van der Waals surface area contributed by atoms with E-state index in [2.05, 4.69) is 9.99 Å². The van der Waals surface area contributed by atoms with Crippen LogP contribution in [0.1, 0.15) is 15.9 Å². The number of carbonyl (C=O) groups excluding carboxylic acids is 1. The van der Waals surface area contributed by atoms with Crippen LogP contribution in [0.2, 0.25) is 0 Å². The number of nitrogens with zero attached hydrogens (tertiary/aromatic N) is 2. The molecule has 0 fully saturated rings. The lowest BCUT2D eigenvalue weighted by Gasteiger charge is -2.08. The molecule has 0 unspecified atom stereocenters. The molecular formula is C16H14N2O5S. The molecule has 0 aliphatic carbocycles. The number of ether oxygens (including phenoxy) is 1. The zero-order chi connectivity index (χ0) is 17.5. The number of nitro groups is 1. The molecule has 0 aliphatic heterocycles. The Morgan fingerprint density at radius 1 is 1.21 bits per heavy atom. The van der Waals surface area contributed by atoms with Crippen molar-refractivity contribution in [2.24, 2.45) is 5.16 Å². The van der Waals surface area contributed by atoms with Gasteiger partial charge in [0.05, 0.1) is 28.7 Å². The maximum absolute atomic E-state index is 11.8. The number of oxime groups is 1. The Balaban J connectivity index is 2.41. The van der Waals surface area contributed by atoms with Gasteiger partial charge in [-0.25, -0.2) is 4.79 Å². The fourth-order valence-electron chi connectivity index (χ4n) is 1.91. The number of nitro benzene ring substituents is 1. The van der Waals surface area contributed by atoms with E-state index in [-0.39, 0.29) is 5.69 Å². The van der Waals surface area contributed by atoms with Crippen LogP contribution in [0.25, 0.3) is 0 Å². The standard InChI is InChI=1S/C16H14N2O5S/c1-22-16(19)12-5-3-4-6-14(12)24-15-8-7-11(10-17-23-2)9-13(15)18(20)21/h3-10H,1-2H3/b17-10-. The summed E-state index contributed by atoms with van der Waals surface area (Å²) in [4.78, 5) is 28.2. The fourth-order valence-corrected chi connectivity index (χ4v) is 2.93. The van der Waals surface area contributed by atoms with Gasteiger partial charge in [0.1, 0.15) is 7.11 Å². The number of methoxy groups -OCH3 is 1. The predicted octanol–water partition coefficient (Wildman–Crippen LogP) is 3.51. The predicted molar refractivity (Wildman–Crippen MR) is 89.6 cm³/mol. The first-order valence-corrected chi connectivity index (χ1v) is 7.58. The lowest BCUT2D eigenvalue weighted by Crippen LogP contribution is -2.03. The van der Waals surface area contributed by atoms with Crippen LogP contribution in [0.15, 0.2) is 57.4 Å². The Labute approximate surface area is 142 Å². The first-order valence-electron chi connectivity index (χ1n) is 6.77. The van der Waals surface area contributed by atoms with E-state index in [1.54, 1.807) is 36.4 Å². The van der Waals surface area contributed by atoms with Crippen molar-refractivity contribution in [2.45, 2.75) is 9.79 Å². The van der Waals surface area contributed by atoms with Gasteiger partial charge >= 0.3 is 5.97 Å². The van der Waals surface area contributed by atoms with E-state index in [9.17, 15) is 14.9 Å². The van der Waals surface area contributed by atoms with Crippen molar-refractivity contribution in [1.29, 1.82) is 0 Å². The number of benzene rings is 2. The van der Waals surface area contributed by atoms with Crippen molar-refractivity contribution in [2.75, 3.05) is 14.2 Å². The summed E-state index contributed by atoms with van der Waals surface area (Å²) in [6, 6.07) is 11.5. The molecule has 124 valence electrons. The topological polar surface area (TPSA) is 91.0 Å². The second-order valence-corrected chi connectivity index (χ2v) is 5.57. The first-order chi connectivity index (χ1) is 11.6. The molecule has 0 amide bonds. The smallest absolute Gasteiger partial charge is 0.339 e. The highest BCUT2D eigenvalue weighted by Crippen LogP contribution is 2.37. The van der Waals surface area contributed by atoms with Gasteiger partial charge < -0.3 is 9.57 Å². The van der Waals surface area contributed by atoms with Crippen LogP contribution in [0.5, 0.6) is 0 Å². The van der Waals surface area contributed by atoms with Gasteiger partial charge in [0, 0.05) is 16.5 Å². The number of esters is 1. The SMILES string of the molecule is CO/N=C\c1ccc(Sc2ccccc2C(=O)OC)c([N+](=O)[O-])c1.